The molecule has 0 N–H and O–H groups in total. The summed E-state index contributed by atoms with van der Waals surface area (Å²) < 4.78 is 28.1. The van der Waals surface area contributed by atoms with E-state index in [1.807, 2.05) is 0 Å². The highest BCUT2D eigenvalue weighted by Gasteiger charge is 2.44. The fourth-order valence-electron chi connectivity index (χ4n) is 1.78. The molecule has 1 aliphatic heterocycles. The highest BCUT2D eigenvalue weighted by atomic mass is 35.7. The average Bonchev–Trinajstić information content (AvgIpc) is 2.23. The average molecular weight is 276 g/mol. The zero-order chi connectivity index (χ0) is 12.6. The molecule has 0 aromatic heterocycles. The lowest BCUT2D eigenvalue weighted by Gasteiger charge is -2.37. The second kappa shape index (κ2) is 4.19. The molecule has 1 aliphatic rings. The highest BCUT2D eigenvalue weighted by Crippen LogP contribution is 2.38. The van der Waals surface area contributed by atoms with Crippen LogP contribution in [0.2, 0.25) is 0 Å². The van der Waals surface area contributed by atoms with Crippen molar-refractivity contribution < 1.29 is 17.9 Å². The van der Waals surface area contributed by atoms with E-state index in [-0.39, 0.29) is 6.42 Å². The Balaban J connectivity index is 2.32. The summed E-state index contributed by atoms with van der Waals surface area (Å²) in [5, 5.41) is 0. The topological polar surface area (TPSA) is 63.7 Å². The van der Waals surface area contributed by atoms with E-state index in [9.17, 15) is 13.2 Å². The van der Waals surface area contributed by atoms with E-state index in [1.54, 1.807) is 24.3 Å². The molecule has 0 aliphatic carbocycles. The van der Waals surface area contributed by atoms with Gasteiger partial charge >= 0.3 is 9.24 Å². The Hall–Kier alpha value is -1.27. The van der Waals surface area contributed by atoms with Crippen LogP contribution in [0.15, 0.2) is 24.3 Å². The zero-order valence-electron chi connectivity index (χ0n) is 8.96. The van der Waals surface area contributed by atoms with Crippen molar-refractivity contribution in [2.75, 3.05) is 7.11 Å². The quantitative estimate of drug-likeness (QED) is 0.619. The smallest absolute Gasteiger partial charge is 0.324 e. The Morgan fingerprint density at radius 3 is 2.71 bits per heavy atom. The number of methoxy groups -OCH3 is 1. The van der Waals surface area contributed by atoms with Crippen molar-refractivity contribution in [2.45, 2.75) is 12.5 Å². The van der Waals surface area contributed by atoms with E-state index < -0.39 is 21.2 Å². The molecule has 1 aromatic rings. The van der Waals surface area contributed by atoms with Gasteiger partial charge in [0, 0.05) is 10.7 Å². The number of amides is 1. The molecule has 1 saturated heterocycles. The number of ether oxygens (including phenoxy) is 1. The molecule has 17 heavy (non-hydrogen) atoms. The van der Waals surface area contributed by atoms with Gasteiger partial charge in [0.25, 0.3) is 0 Å². The Morgan fingerprint density at radius 2 is 2.18 bits per heavy atom. The van der Waals surface area contributed by atoms with Crippen LogP contribution in [0.4, 0.5) is 0 Å². The number of β-lactam (4-membered cyclic amide) rings is 1. The SMILES string of the molecule is COc1cccc(C2CC(=O)N2S(=O)(=O)Cl)c1. The first-order valence-corrected chi connectivity index (χ1v) is 7.11. The third-order valence-electron chi connectivity index (χ3n) is 2.61. The van der Waals surface area contributed by atoms with E-state index in [2.05, 4.69) is 0 Å². The van der Waals surface area contributed by atoms with Crippen molar-refractivity contribution in [3.05, 3.63) is 29.8 Å². The molecule has 5 nitrogen and oxygen atoms in total. The summed E-state index contributed by atoms with van der Waals surface area (Å²) in [5.74, 6) is 0.113. The van der Waals surface area contributed by atoms with Gasteiger partial charge in [-0.1, -0.05) is 12.1 Å². The summed E-state index contributed by atoms with van der Waals surface area (Å²) in [6.07, 6.45) is 0.138. The van der Waals surface area contributed by atoms with E-state index in [0.29, 0.717) is 15.6 Å². The van der Waals surface area contributed by atoms with Gasteiger partial charge in [-0.15, -0.1) is 0 Å². The van der Waals surface area contributed by atoms with Crippen LogP contribution in [0, 0.1) is 0 Å². The summed E-state index contributed by atoms with van der Waals surface area (Å²) in [7, 11) is 2.69. The molecule has 7 heteroatoms. The van der Waals surface area contributed by atoms with E-state index in [0.717, 1.165) is 0 Å². The maximum Gasteiger partial charge on any atom is 0.324 e. The molecule has 1 amide bonds. The Labute approximate surface area is 103 Å². The molecule has 1 atom stereocenters. The molecule has 0 spiro atoms. The monoisotopic (exact) mass is 275 g/mol. The minimum atomic E-state index is -4.02. The molecular weight excluding hydrogens is 266 g/mol. The van der Waals surface area contributed by atoms with Crippen molar-refractivity contribution in [2.24, 2.45) is 0 Å². The summed E-state index contributed by atoms with van der Waals surface area (Å²) in [6, 6.07) is 6.36. The Kier molecular flexibility index (Phi) is 3.01. The lowest BCUT2D eigenvalue weighted by atomic mass is 9.97. The van der Waals surface area contributed by atoms with Crippen LogP contribution < -0.4 is 4.74 Å². The third-order valence-corrected chi connectivity index (χ3v) is 3.98. The molecule has 1 heterocycles. The first-order valence-electron chi connectivity index (χ1n) is 4.84. The van der Waals surface area contributed by atoms with Crippen molar-refractivity contribution >= 4 is 25.8 Å². The lowest BCUT2D eigenvalue weighted by Crippen LogP contribution is -2.47. The van der Waals surface area contributed by atoms with Crippen molar-refractivity contribution in [3.63, 3.8) is 0 Å². The van der Waals surface area contributed by atoms with Crippen LogP contribution in [0.1, 0.15) is 18.0 Å². The number of halogens is 1. The fraction of sp³-hybridized carbons (Fsp3) is 0.300. The summed E-state index contributed by atoms with van der Waals surface area (Å²) in [6.45, 7) is 0. The van der Waals surface area contributed by atoms with Gasteiger partial charge in [-0.25, -0.2) is 4.31 Å². The second-order valence-electron chi connectivity index (χ2n) is 3.63. The number of hydrogen-bond donors (Lipinski definition) is 0. The molecule has 0 radical (unpaired) electrons. The van der Waals surface area contributed by atoms with Gasteiger partial charge in [0.2, 0.25) is 5.91 Å². The van der Waals surface area contributed by atoms with E-state index >= 15 is 0 Å². The molecule has 1 unspecified atom stereocenters. The van der Waals surface area contributed by atoms with Crippen molar-refractivity contribution in [1.29, 1.82) is 0 Å². The number of benzene rings is 1. The predicted octanol–water partition coefficient (Wildman–Crippen LogP) is 1.45. The van der Waals surface area contributed by atoms with Gasteiger partial charge in [0.05, 0.1) is 19.6 Å². The van der Waals surface area contributed by atoms with Gasteiger partial charge in [-0.3, -0.25) is 4.79 Å². The number of rotatable bonds is 3. The predicted molar refractivity (Wildman–Crippen MR) is 62.0 cm³/mol. The lowest BCUT2D eigenvalue weighted by molar-refractivity contribution is -0.137. The number of hydrogen-bond acceptors (Lipinski definition) is 4. The van der Waals surface area contributed by atoms with Crippen LogP contribution >= 0.6 is 10.7 Å². The molecule has 0 bridgehead atoms. The van der Waals surface area contributed by atoms with Crippen LogP contribution in [0.5, 0.6) is 5.75 Å². The van der Waals surface area contributed by atoms with Crippen LogP contribution in [0.25, 0.3) is 0 Å². The molecule has 2 rings (SSSR count). The normalized spacial score (nSPS) is 20.0. The van der Waals surface area contributed by atoms with Gasteiger partial charge in [0.1, 0.15) is 5.75 Å². The van der Waals surface area contributed by atoms with Crippen LogP contribution in [0.3, 0.4) is 0 Å². The maximum absolute atomic E-state index is 11.2. The minimum Gasteiger partial charge on any atom is -0.497 e. The van der Waals surface area contributed by atoms with E-state index in [1.165, 1.54) is 7.11 Å². The summed E-state index contributed by atoms with van der Waals surface area (Å²) >= 11 is 0. The summed E-state index contributed by atoms with van der Waals surface area (Å²) in [5.41, 5.74) is 0.688. The molecule has 1 fully saturated rings. The molecule has 0 saturated carbocycles. The first-order chi connectivity index (χ1) is 7.93. The molecular formula is C10H10ClNO4S. The maximum atomic E-state index is 11.2. The minimum absolute atomic E-state index is 0.138. The first kappa shape index (κ1) is 12.2. The Morgan fingerprint density at radius 1 is 1.47 bits per heavy atom. The largest absolute Gasteiger partial charge is 0.497 e. The Bertz CT molecular complexity index is 557. The van der Waals surface area contributed by atoms with Crippen LogP contribution in [-0.2, 0) is 14.0 Å². The second-order valence-corrected chi connectivity index (χ2v) is 6.02. The number of carbonyl (C=O) groups is 1. The number of carbonyl (C=O) groups excluding carboxylic acids is 1. The van der Waals surface area contributed by atoms with Gasteiger partial charge < -0.3 is 4.74 Å². The highest BCUT2D eigenvalue weighted by molar-refractivity contribution is 8.12. The van der Waals surface area contributed by atoms with Crippen molar-refractivity contribution in [3.8, 4) is 5.75 Å². The van der Waals surface area contributed by atoms with Gasteiger partial charge in [-0.2, -0.15) is 8.42 Å². The van der Waals surface area contributed by atoms with Crippen LogP contribution in [-0.4, -0.2) is 25.7 Å². The zero-order valence-corrected chi connectivity index (χ0v) is 10.5. The number of nitrogens with zero attached hydrogens (tertiary/aromatic N) is 1. The van der Waals surface area contributed by atoms with Crippen molar-refractivity contribution in [1.82, 2.24) is 4.31 Å². The molecule has 1 aromatic carbocycles. The van der Waals surface area contributed by atoms with Gasteiger partial charge in [-0.05, 0) is 17.7 Å². The third kappa shape index (κ3) is 2.23. The van der Waals surface area contributed by atoms with E-state index in [4.69, 9.17) is 15.4 Å². The van der Waals surface area contributed by atoms with Gasteiger partial charge in [0.15, 0.2) is 0 Å². The summed E-state index contributed by atoms with van der Waals surface area (Å²) in [4.78, 5) is 11.2. The standard InChI is InChI=1S/C10H10ClNO4S/c1-16-8-4-2-3-7(5-8)9-6-10(13)12(9)17(11,14)15/h2-5,9H,6H2,1H3. The molecule has 92 valence electrons. The fourth-order valence-corrected chi connectivity index (χ4v) is 3.11.